The van der Waals surface area contributed by atoms with Gasteiger partial charge in [0, 0.05) is 22.4 Å². The van der Waals surface area contributed by atoms with Crippen LogP contribution in [0.15, 0.2) is 41.1 Å². The first kappa shape index (κ1) is 11.9. The Morgan fingerprint density at radius 1 is 0.941 bits per heavy atom. The summed E-state index contributed by atoms with van der Waals surface area (Å²) in [5, 5.41) is 0. The van der Waals surface area contributed by atoms with Gasteiger partial charge in [0.2, 0.25) is 0 Å². The van der Waals surface area contributed by atoms with Crippen LogP contribution < -0.4 is 9.47 Å². The summed E-state index contributed by atoms with van der Waals surface area (Å²) in [4.78, 5) is 4.14. The van der Waals surface area contributed by atoms with E-state index in [0.717, 1.165) is 21.3 Å². The first-order chi connectivity index (χ1) is 8.24. The van der Waals surface area contributed by atoms with Crippen LogP contribution in [0.5, 0.6) is 11.5 Å². The first-order valence-electron chi connectivity index (χ1n) is 5.07. The van der Waals surface area contributed by atoms with Crippen LogP contribution in [0.3, 0.4) is 0 Å². The summed E-state index contributed by atoms with van der Waals surface area (Å²) in [5.74, 6) is 1.43. The SMILES string of the molecule is COc1ccc(-c2cncc(Br)c2)cc1OC. The van der Waals surface area contributed by atoms with Gasteiger partial charge in [0.05, 0.1) is 14.2 Å². The van der Waals surface area contributed by atoms with Gasteiger partial charge in [0.15, 0.2) is 11.5 Å². The molecule has 4 heteroatoms. The van der Waals surface area contributed by atoms with E-state index >= 15 is 0 Å². The van der Waals surface area contributed by atoms with E-state index in [2.05, 4.69) is 20.9 Å². The third kappa shape index (κ3) is 2.58. The van der Waals surface area contributed by atoms with Crippen molar-refractivity contribution in [2.24, 2.45) is 0 Å². The normalized spacial score (nSPS) is 10.1. The molecular formula is C13H12BrNO2. The average molecular weight is 294 g/mol. The van der Waals surface area contributed by atoms with Crippen LogP contribution in [0.4, 0.5) is 0 Å². The average Bonchev–Trinajstić information content (AvgIpc) is 2.38. The van der Waals surface area contributed by atoms with Gasteiger partial charge >= 0.3 is 0 Å². The Morgan fingerprint density at radius 2 is 1.71 bits per heavy atom. The minimum absolute atomic E-state index is 0.713. The van der Waals surface area contributed by atoms with Crippen molar-refractivity contribution in [1.82, 2.24) is 4.98 Å². The minimum atomic E-state index is 0.713. The Morgan fingerprint density at radius 3 is 2.35 bits per heavy atom. The standard InChI is InChI=1S/C13H12BrNO2/c1-16-12-4-3-9(6-13(12)17-2)10-5-11(14)8-15-7-10/h3-8H,1-2H3. The Balaban J connectivity index is 2.46. The monoisotopic (exact) mass is 293 g/mol. The molecule has 0 amide bonds. The highest BCUT2D eigenvalue weighted by molar-refractivity contribution is 9.10. The van der Waals surface area contributed by atoms with Crippen LogP contribution in [0.1, 0.15) is 0 Å². The zero-order chi connectivity index (χ0) is 12.3. The van der Waals surface area contributed by atoms with Crippen molar-refractivity contribution in [2.45, 2.75) is 0 Å². The summed E-state index contributed by atoms with van der Waals surface area (Å²) in [6.07, 6.45) is 3.57. The molecule has 17 heavy (non-hydrogen) atoms. The van der Waals surface area contributed by atoms with Crippen molar-refractivity contribution in [3.63, 3.8) is 0 Å². The van der Waals surface area contributed by atoms with Crippen molar-refractivity contribution in [1.29, 1.82) is 0 Å². The third-order valence-corrected chi connectivity index (χ3v) is 2.86. The number of methoxy groups -OCH3 is 2. The van der Waals surface area contributed by atoms with Gasteiger partial charge in [-0.05, 0) is 39.7 Å². The summed E-state index contributed by atoms with van der Waals surface area (Å²) < 4.78 is 11.4. The molecule has 0 bridgehead atoms. The van der Waals surface area contributed by atoms with Crippen LogP contribution in [0.2, 0.25) is 0 Å². The Hall–Kier alpha value is -1.55. The molecule has 0 aliphatic heterocycles. The molecule has 0 radical (unpaired) electrons. The molecular weight excluding hydrogens is 282 g/mol. The molecule has 1 aromatic carbocycles. The van der Waals surface area contributed by atoms with E-state index in [1.165, 1.54) is 0 Å². The van der Waals surface area contributed by atoms with Gasteiger partial charge in [-0.1, -0.05) is 6.07 Å². The lowest BCUT2D eigenvalue weighted by Gasteiger charge is -2.09. The highest BCUT2D eigenvalue weighted by Gasteiger charge is 2.06. The predicted molar refractivity (Wildman–Crippen MR) is 70.5 cm³/mol. The molecule has 0 aliphatic rings. The van der Waals surface area contributed by atoms with E-state index in [-0.39, 0.29) is 0 Å². The van der Waals surface area contributed by atoms with Crippen LogP contribution >= 0.6 is 15.9 Å². The molecule has 2 rings (SSSR count). The number of hydrogen-bond donors (Lipinski definition) is 0. The van der Waals surface area contributed by atoms with E-state index in [1.807, 2.05) is 30.5 Å². The maximum Gasteiger partial charge on any atom is 0.161 e. The van der Waals surface area contributed by atoms with E-state index in [4.69, 9.17) is 9.47 Å². The van der Waals surface area contributed by atoms with Crippen molar-refractivity contribution < 1.29 is 9.47 Å². The lowest BCUT2D eigenvalue weighted by molar-refractivity contribution is 0.355. The Bertz CT molecular complexity index is 529. The summed E-state index contributed by atoms with van der Waals surface area (Å²) in [7, 11) is 3.25. The number of halogens is 1. The van der Waals surface area contributed by atoms with Crippen molar-refractivity contribution in [2.75, 3.05) is 14.2 Å². The van der Waals surface area contributed by atoms with Gasteiger partial charge in [0.25, 0.3) is 0 Å². The second kappa shape index (κ2) is 5.19. The molecule has 0 fully saturated rings. The summed E-state index contributed by atoms with van der Waals surface area (Å²) in [6.45, 7) is 0. The largest absolute Gasteiger partial charge is 0.493 e. The molecule has 0 spiro atoms. The van der Waals surface area contributed by atoms with Crippen molar-refractivity contribution >= 4 is 15.9 Å². The van der Waals surface area contributed by atoms with Gasteiger partial charge in [0.1, 0.15) is 0 Å². The Labute approximate surface area is 109 Å². The van der Waals surface area contributed by atoms with E-state index in [1.54, 1.807) is 20.4 Å². The fourth-order valence-corrected chi connectivity index (χ4v) is 1.95. The summed E-state index contributed by atoms with van der Waals surface area (Å²) in [6, 6.07) is 7.80. The second-order valence-electron chi connectivity index (χ2n) is 3.46. The van der Waals surface area contributed by atoms with Crippen LogP contribution in [0, 0.1) is 0 Å². The molecule has 0 atom stereocenters. The van der Waals surface area contributed by atoms with Crippen LogP contribution in [0.25, 0.3) is 11.1 Å². The third-order valence-electron chi connectivity index (χ3n) is 2.42. The quantitative estimate of drug-likeness (QED) is 0.868. The van der Waals surface area contributed by atoms with Crippen molar-refractivity contribution in [3.05, 3.63) is 41.1 Å². The van der Waals surface area contributed by atoms with Crippen LogP contribution in [-0.2, 0) is 0 Å². The molecule has 0 N–H and O–H groups in total. The number of benzene rings is 1. The lowest BCUT2D eigenvalue weighted by Crippen LogP contribution is -1.91. The molecule has 88 valence electrons. The first-order valence-corrected chi connectivity index (χ1v) is 5.87. The number of aromatic nitrogens is 1. The zero-order valence-corrected chi connectivity index (χ0v) is 11.2. The van der Waals surface area contributed by atoms with Gasteiger partial charge in [-0.25, -0.2) is 0 Å². The van der Waals surface area contributed by atoms with E-state index in [9.17, 15) is 0 Å². The van der Waals surface area contributed by atoms with Gasteiger partial charge in [-0.3, -0.25) is 4.98 Å². The fourth-order valence-electron chi connectivity index (χ4n) is 1.59. The van der Waals surface area contributed by atoms with Crippen molar-refractivity contribution in [3.8, 4) is 22.6 Å². The maximum atomic E-state index is 5.27. The minimum Gasteiger partial charge on any atom is -0.493 e. The highest BCUT2D eigenvalue weighted by Crippen LogP contribution is 2.32. The Kier molecular flexibility index (Phi) is 3.64. The fraction of sp³-hybridized carbons (Fsp3) is 0.154. The van der Waals surface area contributed by atoms with Gasteiger partial charge in [-0.2, -0.15) is 0 Å². The maximum absolute atomic E-state index is 5.27. The summed E-state index contributed by atoms with van der Waals surface area (Å²) >= 11 is 3.40. The van der Waals surface area contributed by atoms with Gasteiger partial charge < -0.3 is 9.47 Å². The molecule has 1 heterocycles. The molecule has 1 aromatic heterocycles. The molecule has 0 saturated heterocycles. The molecule has 0 aliphatic carbocycles. The smallest absolute Gasteiger partial charge is 0.161 e. The zero-order valence-electron chi connectivity index (χ0n) is 9.61. The number of ether oxygens (including phenoxy) is 2. The number of nitrogens with zero attached hydrogens (tertiary/aromatic N) is 1. The number of hydrogen-bond acceptors (Lipinski definition) is 3. The van der Waals surface area contributed by atoms with E-state index < -0.39 is 0 Å². The van der Waals surface area contributed by atoms with Crippen LogP contribution in [-0.4, -0.2) is 19.2 Å². The molecule has 3 nitrogen and oxygen atoms in total. The van der Waals surface area contributed by atoms with E-state index in [0.29, 0.717) is 5.75 Å². The lowest BCUT2D eigenvalue weighted by atomic mass is 10.1. The highest BCUT2D eigenvalue weighted by atomic mass is 79.9. The second-order valence-corrected chi connectivity index (χ2v) is 4.38. The predicted octanol–water partition coefficient (Wildman–Crippen LogP) is 3.53. The summed E-state index contributed by atoms with van der Waals surface area (Å²) in [5.41, 5.74) is 2.07. The molecule has 0 saturated carbocycles. The number of pyridine rings is 1. The number of rotatable bonds is 3. The molecule has 2 aromatic rings. The van der Waals surface area contributed by atoms with Gasteiger partial charge in [-0.15, -0.1) is 0 Å². The molecule has 0 unspecified atom stereocenters. The topological polar surface area (TPSA) is 31.4 Å².